The number of ether oxygens (including phenoxy) is 1. The molecule has 1 fully saturated rings. The Kier molecular flexibility index (Phi) is 9.98. The highest BCUT2D eigenvalue weighted by atomic mass is 32.2. The Hall–Kier alpha value is -2.53. The molecule has 0 radical (unpaired) electrons. The van der Waals surface area contributed by atoms with E-state index in [-0.39, 0.29) is 16.8 Å². The van der Waals surface area contributed by atoms with Crippen molar-refractivity contribution >= 4 is 42.6 Å². The summed E-state index contributed by atoms with van der Waals surface area (Å²) in [6.45, 7) is 9.60. The predicted octanol–water partition coefficient (Wildman–Crippen LogP) is 5.64. The number of nitrogens with zero attached hydrogens (tertiary/aromatic N) is 4. The van der Waals surface area contributed by atoms with Crippen LogP contribution in [-0.4, -0.2) is 74.4 Å². The van der Waals surface area contributed by atoms with Crippen LogP contribution in [0.2, 0.25) is 0 Å². The van der Waals surface area contributed by atoms with E-state index < -0.39 is 10.0 Å². The van der Waals surface area contributed by atoms with Gasteiger partial charge >= 0.3 is 0 Å². The number of sulfonamides is 1. The van der Waals surface area contributed by atoms with Crippen molar-refractivity contribution in [1.82, 2.24) is 14.2 Å². The lowest BCUT2D eigenvalue weighted by atomic mass is 9.96. The van der Waals surface area contributed by atoms with Crippen LogP contribution in [-0.2, 0) is 10.0 Å². The van der Waals surface area contributed by atoms with Gasteiger partial charge in [-0.15, -0.1) is 0 Å². The van der Waals surface area contributed by atoms with Gasteiger partial charge in [-0.2, -0.15) is 4.31 Å². The van der Waals surface area contributed by atoms with Crippen LogP contribution in [0.25, 0.3) is 10.2 Å². The van der Waals surface area contributed by atoms with Crippen molar-refractivity contribution in [1.29, 1.82) is 0 Å². The Bertz CT molecular complexity index is 1350. The SMILES string of the molecule is CCOc1cccc2sc(N(CCN(CC)CC)C(=O)c3ccc(S(=O)(=O)N(C)C4CCCCC4)cc3)nc12. The number of carbonyl (C=O) groups excluding carboxylic acids is 1. The molecule has 2 aromatic carbocycles. The summed E-state index contributed by atoms with van der Waals surface area (Å²) in [6, 6.07) is 12.2. The molecule has 10 heteroatoms. The van der Waals surface area contributed by atoms with E-state index in [0.29, 0.717) is 36.1 Å². The maximum Gasteiger partial charge on any atom is 0.260 e. The van der Waals surface area contributed by atoms with Gasteiger partial charge in [-0.3, -0.25) is 9.69 Å². The summed E-state index contributed by atoms with van der Waals surface area (Å²) in [5, 5.41) is 0.600. The highest BCUT2D eigenvalue weighted by Crippen LogP contribution is 2.35. The molecule has 1 aliphatic rings. The van der Waals surface area contributed by atoms with Gasteiger partial charge in [0.25, 0.3) is 5.91 Å². The third-order valence-corrected chi connectivity index (χ3v) is 10.5. The molecule has 1 heterocycles. The Morgan fingerprint density at radius 3 is 2.33 bits per heavy atom. The summed E-state index contributed by atoms with van der Waals surface area (Å²) in [5.41, 5.74) is 1.17. The number of carbonyl (C=O) groups is 1. The molecule has 4 rings (SSSR count). The first-order valence-electron chi connectivity index (χ1n) is 13.9. The van der Waals surface area contributed by atoms with E-state index in [1.54, 1.807) is 36.2 Å². The van der Waals surface area contributed by atoms with Crippen LogP contribution in [0.4, 0.5) is 5.13 Å². The molecule has 1 amide bonds. The molecule has 1 aliphatic carbocycles. The van der Waals surface area contributed by atoms with Crippen molar-refractivity contribution in [2.75, 3.05) is 44.7 Å². The monoisotopic (exact) mass is 572 g/mol. The fourth-order valence-corrected chi connectivity index (χ4v) is 7.52. The Morgan fingerprint density at radius 2 is 1.69 bits per heavy atom. The number of hydrogen-bond acceptors (Lipinski definition) is 7. The van der Waals surface area contributed by atoms with E-state index in [1.165, 1.54) is 15.6 Å². The fourth-order valence-electron chi connectivity index (χ4n) is 5.10. The van der Waals surface area contributed by atoms with Crippen LogP contribution < -0.4 is 9.64 Å². The molecule has 3 aromatic rings. The summed E-state index contributed by atoms with van der Waals surface area (Å²) >= 11 is 1.46. The highest BCUT2D eigenvalue weighted by Gasteiger charge is 2.30. The minimum Gasteiger partial charge on any atom is -0.492 e. The molecule has 0 unspecified atom stereocenters. The number of benzene rings is 2. The zero-order valence-electron chi connectivity index (χ0n) is 23.4. The Balaban J connectivity index is 1.62. The summed E-state index contributed by atoms with van der Waals surface area (Å²) in [4.78, 5) is 22.8. The van der Waals surface area contributed by atoms with Crippen LogP contribution in [0, 0.1) is 0 Å². The highest BCUT2D eigenvalue weighted by molar-refractivity contribution is 7.89. The number of aromatic nitrogens is 1. The number of amides is 1. The molecule has 8 nitrogen and oxygen atoms in total. The molecule has 0 atom stereocenters. The quantitative estimate of drug-likeness (QED) is 0.280. The van der Waals surface area contributed by atoms with Gasteiger partial charge in [-0.25, -0.2) is 13.4 Å². The molecule has 212 valence electrons. The van der Waals surface area contributed by atoms with E-state index in [1.807, 2.05) is 25.1 Å². The number of likely N-dealkylation sites (N-methyl/N-ethyl adjacent to an activating group) is 1. The Labute approximate surface area is 236 Å². The van der Waals surface area contributed by atoms with Gasteiger partial charge < -0.3 is 9.64 Å². The molecule has 1 aromatic heterocycles. The smallest absolute Gasteiger partial charge is 0.260 e. The number of hydrogen-bond donors (Lipinski definition) is 0. The fraction of sp³-hybridized carbons (Fsp3) is 0.517. The molecule has 39 heavy (non-hydrogen) atoms. The van der Waals surface area contributed by atoms with Gasteiger partial charge in [0.05, 0.1) is 16.2 Å². The second kappa shape index (κ2) is 13.2. The van der Waals surface area contributed by atoms with Crippen molar-refractivity contribution in [2.45, 2.75) is 63.8 Å². The van der Waals surface area contributed by atoms with E-state index in [0.717, 1.165) is 55.4 Å². The summed E-state index contributed by atoms with van der Waals surface area (Å²) in [6.07, 6.45) is 5.05. The van der Waals surface area contributed by atoms with Crippen LogP contribution >= 0.6 is 11.3 Å². The normalized spacial score (nSPS) is 14.8. The van der Waals surface area contributed by atoms with Gasteiger partial charge in [-0.1, -0.05) is 50.5 Å². The molecule has 0 bridgehead atoms. The summed E-state index contributed by atoms with van der Waals surface area (Å²) < 4.78 is 34.8. The van der Waals surface area contributed by atoms with E-state index in [9.17, 15) is 13.2 Å². The first-order chi connectivity index (χ1) is 18.8. The summed E-state index contributed by atoms with van der Waals surface area (Å²) in [5.74, 6) is 0.494. The molecule has 0 aliphatic heterocycles. The standard InChI is InChI=1S/C29H40N4O4S2/c1-5-32(6-2)20-21-33(29-30-27-25(37-7-3)14-11-15-26(27)38-29)28(34)22-16-18-24(19-17-22)39(35,36)31(4)23-12-9-8-10-13-23/h11,14-19,23H,5-10,12-13,20-21H2,1-4H3. The van der Waals surface area contributed by atoms with Crippen molar-refractivity contribution in [3.63, 3.8) is 0 Å². The largest absolute Gasteiger partial charge is 0.492 e. The molecule has 1 saturated carbocycles. The second-order valence-electron chi connectivity index (χ2n) is 9.85. The first kappa shape index (κ1) is 29.5. The first-order valence-corrected chi connectivity index (χ1v) is 16.2. The van der Waals surface area contributed by atoms with Crippen molar-refractivity contribution < 1.29 is 17.9 Å². The van der Waals surface area contributed by atoms with Gasteiger partial charge in [-0.05, 0) is 69.3 Å². The van der Waals surface area contributed by atoms with Crippen molar-refractivity contribution in [3.8, 4) is 5.75 Å². The van der Waals surface area contributed by atoms with Crippen LogP contribution in [0.3, 0.4) is 0 Å². The average molecular weight is 573 g/mol. The number of para-hydroxylation sites is 1. The third-order valence-electron chi connectivity index (χ3n) is 7.55. The molecular weight excluding hydrogens is 532 g/mol. The van der Waals surface area contributed by atoms with E-state index in [4.69, 9.17) is 9.72 Å². The third kappa shape index (κ3) is 6.62. The maximum atomic E-state index is 13.8. The topological polar surface area (TPSA) is 83.0 Å². The number of thiazole rings is 1. The van der Waals surface area contributed by atoms with Gasteiger partial charge in [0.15, 0.2) is 5.13 Å². The van der Waals surface area contributed by atoms with E-state index >= 15 is 0 Å². The zero-order chi connectivity index (χ0) is 28.0. The van der Waals surface area contributed by atoms with Gasteiger partial charge in [0.2, 0.25) is 10.0 Å². The van der Waals surface area contributed by atoms with Gasteiger partial charge in [0, 0.05) is 31.7 Å². The minimum absolute atomic E-state index is 0.0289. The molecule has 0 spiro atoms. The average Bonchev–Trinajstić information content (AvgIpc) is 3.40. The number of fused-ring (bicyclic) bond motifs is 1. The predicted molar refractivity (Wildman–Crippen MR) is 159 cm³/mol. The van der Waals surface area contributed by atoms with Crippen LogP contribution in [0.5, 0.6) is 5.75 Å². The lowest BCUT2D eigenvalue weighted by molar-refractivity contribution is 0.0983. The summed E-state index contributed by atoms with van der Waals surface area (Å²) in [7, 11) is -1.96. The van der Waals surface area contributed by atoms with Crippen molar-refractivity contribution in [3.05, 3.63) is 48.0 Å². The minimum atomic E-state index is -3.63. The molecular formula is C29H40N4O4S2. The van der Waals surface area contributed by atoms with Gasteiger partial charge in [0.1, 0.15) is 11.3 Å². The van der Waals surface area contributed by atoms with Crippen LogP contribution in [0.15, 0.2) is 47.4 Å². The van der Waals surface area contributed by atoms with Crippen LogP contribution in [0.1, 0.15) is 63.2 Å². The Morgan fingerprint density at radius 1 is 1.00 bits per heavy atom. The number of rotatable bonds is 12. The lowest BCUT2D eigenvalue weighted by Gasteiger charge is -2.30. The van der Waals surface area contributed by atoms with Crippen molar-refractivity contribution in [2.24, 2.45) is 0 Å². The lowest BCUT2D eigenvalue weighted by Crippen LogP contribution is -2.39. The zero-order valence-corrected chi connectivity index (χ0v) is 25.1. The molecule has 0 saturated heterocycles. The maximum absolute atomic E-state index is 13.8. The van der Waals surface area contributed by atoms with E-state index in [2.05, 4.69) is 18.7 Å². The molecule has 0 N–H and O–H groups in total. The second-order valence-corrected chi connectivity index (χ2v) is 12.9. The number of anilines is 1.